The fourth-order valence-electron chi connectivity index (χ4n) is 2.64. The number of benzene rings is 1. The third-order valence-electron chi connectivity index (χ3n) is 3.63. The van der Waals surface area contributed by atoms with Crippen LogP contribution in [0.4, 0.5) is 8.78 Å². The van der Waals surface area contributed by atoms with E-state index >= 15 is 0 Å². The first-order valence-electron chi connectivity index (χ1n) is 6.54. The van der Waals surface area contributed by atoms with E-state index in [1.807, 2.05) is 0 Å². The molecular formula is C14H16ClF2N3O. The van der Waals surface area contributed by atoms with Crippen molar-refractivity contribution in [3.05, 3.63) is 42.2 Å². The summed E-state index contributed by atoms with van der Waals surface area (Å²) in [5.41, 5.74) is -0.150. The minimum atomic E-state index is -0.652. The second kappa shape index (κ2) is 6.51. The van der Waals surface area contributed by atoms with E-state index in [0.29, 0.717) is 13.0 Å². The molecule has 2 heterocycles. The number of aliphatic hydroxyl groups excluding tert-OH is 1. The smallest absolute Gasteiger partial charge is 0.146 e. The van der Waals surface area contributed by atoms with Gasteiger partial charge in [0.15, 0.2) is 0 Å². The highest BCUT2D eigenvalue weighted by Gasteiger charge is 2.27. The summed E-state index contributed by atoms with van der Waals surface area (Å²) in [5, 5.41) is 13.1. The molecular weight excluding hydrogens is 300 g/mol. The number of nitrogens with zero attached hydrogens (tertiary/aromatic N) is 2. The van der Waals surface area contributed by atoms with Crippen LogP contribution in [0.1, 0.15) is 12.5 Å². The van der Waals surface area contributed by atoms with Gasteiger partial charge in [0.05, 0.1) is 17.7 Å². The van der Waals surface area contributed by atoms with Gasteiger partial charge in [-0.1, -0.05) is 6.07 Å². The summed E-state index contributed by atoms with van der Waals surface area (Å²) in [6, 6.07) is 3.50. The van der Waals surface area contributed by atoms with E-state index in [4.69, 9.17) is 0 Å². The summed E-state index contributed by atoms with van der Waals surface area (Å²) in [6.45, 7) is 1.21. The van der Waals surface area contributed by atoms with E-state index < -0.39 is 17.7 Å². The Bertz CT molecular complexity index is 600. The van der Waals surface area contributed by atoms with Gasteiger partial charge in [-0.15, -0.1) is 12.4 Å². The predicted octanol–water partition coefficient (Wildman–Crippen LogP) is 2.15. The van der Waals surface area contributed by atoms with E-state index in [0.717, 1.165) is 6.54 Å². The van der Waals surface area contributed by atoms with Gasteiger partial charge in [0, 0.05) is 18.9 Å². The van der Waals surface area contributed by atoms with Crippen molar-refractivity contribution in [3.8, 4) is 11.4 Å². The van der Waals surface area contributed by atoms with Gasteiger partial charge < -0.3 is 15.0 Å². The number of halogens is 3. The number of piperidine rings is 1. The van der Waals surface area contributed by atoms with Crippen molar-refractivity contribution in [2.45, 2.75) is 18.6 Å². The van der Waals surface area contributed by atoms with Crippen LogP contribution >= 0.6 is 12.4 Å². The monoisotopic (exact) mass is 315 g/mol. The molecule has 0 bridgehead atoms. The normalized spacial score (nSPS) is 21.9. The third kappa shape index (κ3) is 2.92. The van der Waals surface area contributed by atoms with Gasteiger partial charge in [-0.3, -0.25) is 0 Å². The summed E-state index contributed by atoms with van der Waals surface area (Å²) in [4.78, 5) is 4.07. The van der Waals surface area contributed by atoms with Crippen molar-refractivity contribution in [1.82, 2.24) is 14.9 Å². The molecule has 1 aromatic heterocycles. The fourth-order valence-corrected chi connectivity index (χ4v) is 2.64. The molecule has 0 aliphatic carbocycles. The second-order valence-corrected chi connectivity index (χ2v) is 4.88. The zero-order valence-electron chi connectivity index (χ0n) is 11.2. The minimum absolute atomic E-state index is 0. The molecule has 1 fully saturated rings. The fraction of sp³-hybridized carbons (Fsp3) is 0.357. The number of rotatable bonds is 2. The van der Waals surface area contributed by atoms with Crippen LogP contribution in [0.3, 0.4) is 0 Å². The Morgan fingerprint density at radius 3 is 2.67 bits per heavy atom. The highest BCUT2D eigenvalue weighted by Crippen LogP contribution is 2.29. The molecule has 0 unspecified atom stereocenters. The Balaban J connectivity index is 0.00000161. The molecule has 1 saturated heterocycles. The second-order valence-electron chi connectivity index (χ2n) is 4.88. The molecule has 0 spiro atoms. The number of aliphatic hydroxyl groups is 1. The summed E-state index contributed by atoms with van der Waals surface area (Å²) < 4.78 is 29.4. The lowest BCUT2D eigenvalue weighted by Gasteiger charge is -2.30. The average Bonchev–Trinajstić information content (AvgIpc) is 2.88. The van der Waals surface area contributed by atoms with E-state index in [2.05, 4.69) is 10.3 Å². The van der Waals surface area contributed by atoms with Crippen molar-refractivity contribution in [1.29, 1.82) is 0 Å². The quantitative estimate of drug-likeness (QED) is 0.893. The van der Waals surface area contributed by atoms with E-state index in [9.17, 15) is 13.9 Å². The Morgan fingerprint density at radius 1 is 1.29 bits per heavy atom. The summed E-state index contributed by atoms with van der Waals surface area (Å²) in [7, 11) is 0. The van der Waals surface area contributed by atoms with Crippen molar-refractivity contribution in [3.63, 3.8) is 0 Å². The van der Waals surface area contributed by atoms with Gasteiger partial charge in [0.1, 0.15) is 17.5 Å². The van der Waals surface area contributed by atoms with Crippen LogP contribution in [0.15, 0.2) is 30.6 Å². The SMILES string of the molecule is Cl.O[C@H]1CNCC[C@@H]1n1ccnc1-c1c(F)cccc1F. The van der Waals surface area contributed by atoms with Crippen LogP contribution in [-0.4, -0.2) is 33.9 Å². The molecule has 2 N–H and O–H groups in total. The Morgan fingerprint density at radius 2 is 2.00 bits per heavy atom. The molecule has 1 aromatic carbocycles. The number of hydrogen-bond acceptors (Lipinski definition) is 3. The molecule has 7 heteroatoms. The molecule has 0 saturated carbocycles. The van der Waals surface area contributed by atoms with Crippen molar-refractivity contribution in [2.75, 3.05) is 13.1 Å². The van der Waals surface area contributed by atoms with Crippen LogP contribution in [0.2, 0.25) is 0 Å². The lowest BCUT2D eigenvalue weighted by molar-refractivity contribution is 0.0879. The predicted molar refractivity (Wildman–Crippen MR) is 77.4 cm³/mol. The van der Waals surface area contributed by atoms with Crippen LogP contribution in [-0.2, 0) is 0 Å². The van der Waals surface area contributed by atoms with E-state index in [1.54, 1.807) is 10.8 Å². The first-order chi connectivity index (χ1) is 9.68. The van der Waals surface area contributed by atoms with Crippen LogP contribution in [0.5, 0.6) is 0 Å². The molecule has 4 nitrogen and oxygen atoms in total. The van der Waals surface area contributed by atoms with Gasteiger partial charge in [-0.25, -0.2) is 13.8 Å². The Kier molecular flexibility index (Phi) is 4.92. The first-order valence-corrected chi connectivity index (χ1v) is 6.54. The molecule has 0 radical (unpaired) electrons. The number of hydrogen-bond donors (Lipinski definition) is 2. The summed E-state index contributed by atoms with van der Waals surface area (Å²) in [6.07, 6.45) is 3.23. The molecule has 2 atom stereocenters. The minimum Gasteiger partial charge on any atom is -0.390 e. The van der Waals surface area contributed by atoms with Gasteiger partial charge in [0.25, 0.3) is 0 Å². The highest BCUT2D eigenvalue weighted by atomic mass is 35.5. The van der Waals surface area contributed by atoms with Crippen molar-refractivity contribution < 1.29 is 13.9 Å². The molecule has 1 aliphatic rings. The highest BCUT2D eigenvalue weighted by molar-refractivity contribution is 5.85. The van der Waals surface area contributed by atoms with E-state index in [-0.39, 0.29) is 29.8 Å². The van der Waals surface area contributed by atoms with Crippen LogP contribution < -0.4 is 5.32 Å². The maximum Gasteiger partial charge on any atom is 0.146 e. The Hall–Kier alpha value is -1.50. The molecule has 2 aromatic rings. The lowest BCUT2D eigenvalue weighted by atomic mass is 10.0. The zero-order chi connectivity index (χ0) is 14.1. The topological polar surface area (TPSA) is 50.1 Å². The number of nitrogens with one attached hydrogen (secondary N) is 1. The van der Waals surface area contributed by atoms with Gasteiger partial charge in [-0.2, -0.15) is 0 Å². The van der Waals surface area contributed by atoms with Crippen molar-refractivity contribution in [2.24, 2.45) is 0 Å². The number of β-amino-alcohol motifs (C(OH)–C–C–N with tert-alkyl or cyclic N) is 1. The molecule has 21 heavy (non-hydrogen) atoms. The third-order valence-corrected chi connectivity index (χ3v) is 3.63. The van der Waals surface area contributed by atoms with Gasteiger partial charge >= 0.3 is 0 Å². The van der Waals surface area contributed by atoms with Crippen molar-refractivity contribution >= 4 is 12.4 Å². The Labute approximate surface area is 127 Å². The average molecular weight is 316 g/mol. The van der Waals surface area contributed by atoms with Crippen LogP contribution in [0.25, 0.3) is 11.4 Å². The lowest BCUT2D eigenvalue weighted by Crippen LogP contribution is -2.41. The molecule has 3 rings (SSSR count). The number of aromatic nitrogens is 2. The largest absolute Gasteiger partial charge is 0.390 e. The molecule has 1 aliphatic heterocycles. The standard InChI is InChI=1S/C14H15F2N3O.ClH/c15-9-2-1-3-10(16)13(9)14-18-6-7-19(14)11-4-5-17-8-12(11)20;/h1-3,6-7,11-12,17,20H,4-5,8H2;1H/t11-,12-;/m0./s1. The number of imidazole rings is 1. The van der Waals surface area contributed by atoms with Gasteiger partial charge in [-0.05, 0) is 25.1 Å². The maximum atomic E-state index is 13.9. The summed E-state index contributed by atoms with van der Waals surface area (Å²) in [5.74, 6) is -1.09. The van der Waals surface area contributed by atoms with Gasteiger partial charge in [0.2, 0.25) is 0 Å². The summed E-state index contributed by atoms with van der Waals surface area (Å²) >= 11 is 0. The molecule has 0 amide bonds. The first kappa shape index (κ1) is 15.9. The zero-order valence-corrected chi connectivity index (χ0v) is 12.0. The van der Waals surface area contributed by atoms with E-state index in [1.165, 1.54) is 24.4 Å². The maximum absolute atomic E-state index is 13.9. The molecule has 114 valence electrons. The van der Waals surface area contributed by atoms with Crippen LogP contribution in [0, 0.1) is 11.6 Å².